The molecule has 6 nitrogen and oxygen atoms in total. The summed E-state index contributed by atoms with van der Waals surface area (Å²) in [6.45, 7) is 0. The molecule has 1 aliphatic rings. The summed E-state index contributed by atoms with van der Waals surface area (Å²) in [5.74, 6) is -1.71. The fourth-order valence-electron chi connectivity index (χ4n) is 3.67. The molecule has 2 aromatic carbocycles. The highest BCUT2D eigenvalue weighted by Crippen LogP contribution is 2.40. The van der Waals surface area contributed by atoms with Gasteiger partial charge in [0.05, 0.1) is 11.5 Å². The Hall–Kier alpha value is -3.02. The molecule has 1 saturated carbocycles. The lowest BCUT2D eigenvalue weighted by molar-refractivity contribution is 0.0688. The number of fused-ring (bicyclic) bond motifs is 3. The molecule has 0 amide bonds. The first-order chi connectivity index (χ1) is 12.6. The molecular weight excluding hydrogens is 336 g/mol. The topological polar surface area (TPSA) is 97.0 Å². The molecule has 6 heteroatoms. The molecule has 0 radical (unpaired) electrons. The molecule has 2 N–H and O–H groups in total. The van der Waals surface area contributed by atoms with Gasteiger partial charge in [0, 0.05) is 5.39 Å². The lowest BCUT2D eigenvalue weighted by atomic mass is 9.97. The zero-order valence-electron chi connectivity index (χ0n) is 14.0. The predicted octanol–water partition coefficient (Wildman–Crippen LogP) is 4.69. The van der Waals surface area contributed by atoms with Crippen LogP contribution in [0.1, 0.15) is 52.8 Å². The number of carboxylic acids is 2. The summed E-state index contributed by atoms with van der Waals surface area (Å²) >= 11 is 0. The lowest BCUT2D eigenvalue weighted by Crippen LogP contribution is -2.19. The number of hydrogen-bond acceptors (Lipinski definition) is 4. The second-order valence-electron chi connectivity index (χ2n) is 6.59. The van der Waals surface area contributed by atoms with Crippen LogP contribution < -0.4 is 4.74 Å². The number of furan rings is 1. The second-order valence-corrected chi connectivity index (χ2v) is 6.59. The molecule has 4 rings (SSSR count). The Morgan fingerprint density at radius 1 is 0.923 bits per heavy atom. The summed E-state index contributed by atoms with van der Waals surface area (Å²) in [5, 5.41) is 20.0. The first kappa shape index (κ1) is 16.4. The fraction of sp³-hybridized carbons (Fsp3) is 0.300. The molecule has 1 heterocycles. The molecule has 26 heavy (non-hydrogen) atoms. The van der Waals surface area contributed by atoms with Crippen molar-refractivity contribution >= 4 is 33.9 Å². The summed E-state index contributed by atoms with van der Waals surface area (Å²) in [6.07, 6.45) is 5.41. The zero-order valence-corrected chi connectivity index (χ0v) is 14.0. The van der Waals surface area contributed by atoms with Gasteiger partial charge in [-0.05, 0) is 43.9 Å². The van der Waals surface area contributed by atoms with Gasteiger partial charge >= 0.3 is 11.9 Å². The Labute approximate surface area is 149 Å². The Morgan fingerprint density at radius 2 is 1.62 bits per heavy atom. The van der Waals surface area contributed by atoms with Gasteiger partial charge in [-0.15, -0.1) is 0 Å². The number of carboxylic acid groups (broad SMARTS) is 2. The number of rotatable bonds is 4. The minimum atomic E-state index is -1.13. The van der Waals surface area contributed by atoms with Crippen LogP contribution in [-0.4, -0.2) is 28.3 Å². The largest absolute Gasteiger partial charge is 0.490 e. The van der Waals surface area contributed by atoms with Crippen LogP contribution in [0.4, 0.5) is 0 Å². The maximum absolute atomic E-state index is 11.6. The Bertz CT molecular complexity index is 1010. The first-order valence-corrected chi connectivity index (χ1v) is 8.67. The van der Waals surface area contributed by atoms with Crippen molar-refractivity contribution in [3.8, 4) is 5.75 Å². The molecule has 0 atom stereocenters. The van der Waals surface area contributed by atoms with Crippen LogP contribution in [0.15, 0.2) is 34.7 Å². The van der Waals surface area contributed by atoms with E-state index in [1.54, 1.807) is 18.2 Å². The molecule has 0 saturated heterocycles. The summed E-state index contributed by atoms with van der Waals surface area (Å²) in [5.41, 5.74) is 0.300. The van der Waals surface area contributed by atoms with Crippen molar-refractivity contribution in [2.24, 2.45) is 0 Å². The van der Waals surface area contributed by atoms with Gasteiger partial charge in [-0.3, -0.25) is 0 Å². The minimum Gasteiger partial charge on any atom is -0.490 e. The van der Waals surface area contributed by atoms with E-state index in [1.807, 2.05) is 0 Å². The number of aromatic carboxylic acids is 2. The van der Waals surface area contributed by atoms with E-state index in [0.29, 0.717) is 16.5 Å². The number of ether oxygens (including phenoxy) is 1. The summed E-state index contributed by atoms with van der Waals surface area (Å²) in [6, 6.07) is 7.88. The lowest BCUT2D eigenvalue weighted by Gasteiger charge is -2.23. The van der Waals surface area contributed by atoms with Gasteiger partial charge in [-0.25, -0.2) is 9.59 Å². The van der Waals surface area contributed by atoms with Gasteiger partial charge in [0.1, 0.15) is 22.5 Å². The molecular formula is C20H18O6. The van der Waals surface area contributed by atoms with Gasteiger partial charge in [-0.2, -0.15) is 0 Å². The van der Waals surface area contributed by atoms with Crippen LogP contribution in [-0.2, 0) is 0 Å². The van der Waals surface area contributed by atoms with E-state index < -0.39 is 11.9 Å². The van der Waals surface area contributed by atoms with Crippen LogP contribution in [0, 0.1) is 0 Å². The van der Waals surface area contributed by atoms with E-state index in [0.717, 1.165) is 25.7 Å². The third kappa shape index (κ3) is 2.67. The Kier molecular flexibility index (Phi) is 4.03. The molecule has 0 unspecified atom stereocenters. The van der Waals surface area contributed by atoms with E-state index >= 15 is 0 Å². The van der Waals surface area contributed by atoms with Crippen molar-refractivity contribution in [2.75, 3.05) is 0 Å². The quantitative estimate of drug-likeness (QED) is 0.705. The monoisotopic (exact) mass is 354 g/mol. The third-order valence-electron chi connectivity index (χ3n) is 4.91. The summed E-state index contributed by atoms with van der Waals surface area (Å²) in [7, 11) is 0. The third-order valence-corrected chi connectivity index (χ3v) is 4.91. The van der Waals surface area contributed by atoms with Crippen molar-refractivity contribution < 1.29 is 29.0 Å². The highest BCUT2D eigenvalue weighted by molar-refractivity contribution is 6.17. The van der Waals surface area contributed by atoms with Crippen molar-refractivity contribution in [1.82, 2.24) is 0 Å². The van der Waals surface area contributed by atoms with Crippen LogP contribution in [0.3, 0.4) is 0 Å². The molecule has 0 spiro atoms. The van der Waals surface area contributed by atoms with Gasteiger partial charge in [0.2, 0.25) is 0 Å². The summed E-state index contributed by atoms with van der Waals surface area (Å²) in [4.78, 5) is 23.1. The van der Waals surface area contributed by atoms with E-state index in [1.165, 1.54) is 18.6 Å². The maximum atomic E-state index is 11.6. The highest BCUT2D eigenvalue weighted by Gasteiger charge is 2.24. The van der Waals surface area contributed by atoms with Crippen molar-refractivity contribution in [3.63, 3.8) is 0 Å². The van der Waals surface area contributed by atoms with Crippen LogP contribution in [0.25, 0.3) is 21.9 Å². The van der Waals surface area contributed by atoms with E-state index in [4.69, 9.17) is 9.15 Å². The van der Waals surface area contributed by atoms with Gasteiger partial charge in [-0.1, -0.05) is 18.6 Å². The molecule has 3 aromatic rings. The average Bonchev–Trinajstić information content (AvgIpc) is 3.02. The fourth-order valence-corrected chi connectivity index (χ4v) is 3.67. The molecule has 1 fully saturated rings. The standard InChI is InChI=1S/C20H18O6/c21-19(22)13-8-4-7-12-16-15(25-11-5-2-1-3-6-11)10-9-14(20(23)24)18(16)26-17(12)13/h4,7-11H,1-3,5-6H2,(H,21,22)(H,23,24). The normalized spacial score (nSPS) is 15.4. The van der Waals surface area contributed by atoms with Gasteiger partial charge in [0.15, 0.2) is 5.58 Å². The molecule has 0 bridgehead atoms. The van der Waals surface area contributed by atoms with Gasteiger partial charge < -0.3 is 19.4 Å². The van der Waals surface area contributed by atoms with E-state index in [9.17, 15) is 19.8 Å². The molecule has 1 aromatic heterocycles. The van der Waals surface area contributed by atoms with E-state index in [-0.39, 0.29) is 28.4 Å². The van der Waals surface area contributed by atoms with Gasteiger partial charge in [0.25, 0.3) is 0 Å². The zero-order chi connectivity index (χ0) is 18.3. The highest BCUT2D eigenvalue weighted by atomic mass is 16.5. The Morgan fingerprint density at radius 3 is 2.31 bits per heavy atom. The number of carbonyl (C=O) groups is 2. The van der Waals surface area contributed by atoms with Crippen molar-refractivity contribution in [3.05, 3.63) is 41.5 Å². The average molecular weight is 354 g/mol. The van der Waals surface area contributed by atoms with Crippen LogP contribution in [0.2, 0.25) is 0 Å². The molecule has 0 aliphatic heterocycles. The predicted molar refractivity (Wildman–Crippen MR) is 95.1 cm³/mol. The molecule has 1 aliphatic carbocycles. The van der Waals surface area contributed by atoms with Crippen LogP contribution in [0.5, 0.6) is 5.75 Å². The van der Waals surface area contributed by atoms with Crippen molar-refractivity contribution in [2.45, 2.75) is 38.2 Å². The first-order valence-electron chi connectivity index (χ1n) is 8.67. The number of para-hydroxylation sites is 1. The second kappa shape index (κ2) is 6.37. The van der Waals surface area contributed by atoms with Crippen molar-refractivity contribution in [1.29, 1.82) is 0 Å². The molecule has 134 valence electrons. The Balaban J connectivity index is 1.96. The minimum absolute atomic E-state index is 0.00125. The number of benzene rings is 2. The van der Waals surface area contributed by atoms with E-state index in [2.05, 4.69) is 0 Å². The SMILES string of the molecule is O=C(O)c1cccc2c1oc1c(C(=O)O)ccc(OC3CCCCC3)c12. The summed E-state index contributed by atoms with van der Waals surface area (Å²) < 4.78 is 11.9. The maximum Gasteiger partial charge on any atom is 0.339 e. The van der Waals surface area contributed by atoms with Crippen LogP contribution >= 0.6 is 0 Å². The number of hydrogen-bond donors (Lipinski definition) is 2. The smallest absolute Gasteiger partial charge is 0.339 e.